The number of nitrogens with one attached hydrogen (secondary N) is 1. The van der Waals surface area contributed by atoms with E-state index in [1.807, 2.05) is 12.1 Å². The highest BCUT2D eigenvalue weighted by Gasteiger charge is 2.16. The first-order valence-corrected chi connectivity index (χ1v) is 8.04. The molecule has 1 unspecified atom stereocenters. The number of hydrogen-bond donors (Lipinski definition) is 1. The minimum Gasteiger partial charge on any atom is -0.306 e. The van der Waals surface area contributed by atoms with Gasteiger partial charge < -0.3 is 5.32 Å². The lowest BCUT2D eigenvalue weighted by molar-refractivity contribution is 0.598. The highest BCUT2D eigenvalue weighted by atomic mass is 79.9. The van der Waals surface area contributed by atoms with E-state index >= 15 is 0 Å². The molecule has 18 heavy (non-hydrogen) atoms. The largest absolute Gasteiger partial charge is 0.306 e. The third-order valence-electron chi connectivity index (χ3n) is 2.75. The van der Waals surface area contributed by atoms with Crippen LogP contribution in [0.5, 0.6) is 0 Å². The average molecular weight is 345 g/mol. The van der Waals surface area contributed by atoms with Gasteiger partial charge in [0.1, 0.15) is 0 Å². The first-order chi connectivity index (χ1) is 8.72. The van der Waals surface area contributed by atoms with Gasteiger partial charge in [-0.3, -0.25) is 0 Å². The van der Waals surface area contributed by atoms with Crippen molar-refractivity contribution in [3.63, 3.8) is 0 Å². The number of thiophene rings is 1. The molecule has 0 fully saturated rings. The summed E-state index contributed by atoms with van der Waals surface area (Å²) in [6.45, 7) is 3.17. The zero-order valence-electron chi connectivity index (χ0n) is 10.1. The zero-order chi connectivity index (χ0) is 13.0. The van der Waals surface area contributed by atoms with E-state index in [0.717, 1.165) is 22.5 Å². The summed E-state index contributed by atoms with van der Waals surface area (Å²) in [6, 6.07) is 8.36. The Bertz CT molecular complexity index is 499. The highest BCUT2D eigenvalue weighted by Crippen LogP contribution is 2.31. The molecule has 1 nitrogen and oxygen atoms in total. The van der Waals surface area contributed by atoms with Crippen LogP contribution in [0.3, 0.4) is 0 Å². The highest BCUT2D eigenvalue weighted by molar-refractivity contribution is 9.10. The molecule has 1 atom stereocenters. The Labute approximate surface area is 125 Å². The quantitative estimate of drug-likeness (QED) is 0.781. The van der Waals surface area contributed by atoms with E-state index in [0.29, 0.717) is 0 Å². The summed E-state index contributed by atoms with van der Waals surface area (Å²) in [5.41, 5.74) is 2.53. The predicted octanol–water partition coefficient (Wildman–Crippen LogP) is 5.25. The summed E-state index contributed by atoms with van der Waals surface area (Å²) in [7, 11) is 0. The van der Waals surface area contributed by atoms with E-state index in [1.165, 1.54) is 11.1 Å². The first-order valence-electron chi connectivity index (χ1n) is 5.92. The second-order valence-electron chi connectivity index (χ2n) is 4.11. The van der Waals surface area contributed by atoms with Crippen LogP contribution in [-0.2, 0) is 0 Å². The molecule has 4 heteroatoms. The lowest BCUT2D eigenvalue weighted by Crippen LogP contribution is -2.23. The monoisotopic (exact) mass is 343 g/mol. The van der Waals surface area contributed by atoms with Gasteiger partial charge >= 0.3 is 0 Å². The molecule has 0 bridgehead atoms. The normalized spacial score (nSPS) is 12.6. The molecule has 1 heterocycles. The minimum atomic E-state index is 0.225. The van der Waals surface area contributed by atoms with Crippen LogP contribution in [0, 0.1) is 0 Å². The first kappa shape index (κ1) is 14.1. The van der Waals surface area contributed by atoms with Gasteiger partial charge in [-0.2, -0.15) is 11.3 Å². The fourth-order valence-corrected chi connectivity index (χ4v) is 3.47. The number of benzene rings is 1. The minimum absolute atomic E-state index is 0.225. The van der Waals surface area contributed by atoms with E-state index in [1.54, 1.807) is 11.3 Å². The topological polar surface area (TPSA) is 12.0 Å². The van der Waals surface area contributed by atoms with Gasteiger partial charge in [-0.1, -0.05) is 40.5 Å². The Morgan fingerprint density at radius 3 is 2.83 bits per heavy atom. The summed E-state index contributed by atoms with van der Waals surface area (Å²) < 4.78 is 1.05. The van der Waals surface area contributed by atoms with Crippen molar-refractivity contribution in [2.75, 3.05) is 6.54 Å². The van der Waals surface area contributed by atoms with Gasteiger partial charge in [0.25, 0.3) is 0 Å². The van der Waals surface area contributed by atoms with Crippen molar-refractivity contribution >= 4 is 38.9 Å². The second-order valence-corrected chi connectivity index (χ2v) is 6.18. The molecular formula is C14H15BrClNS. The molecule has 0 aliphatic carbocycles. The standard InChI is InChI=1S/C14H15BrClNS/c1-2-6-17-14(10-5-7-18-9-10)12-4-3-11(16)8-13(12)15/h3-5,7-9,14,17H,2,6H2,1H3. The summed E-state index contributed by atoms with van der Waals surface area (Å²) in [6.07, 6.45) is 1.12. The van der Waals surface area contributed by atoms with Crippen molar-refractivity contribution in [1.29, 1.82) is 0 Å². The van der Waals surface area contributed by atoms with Gasteiger partial charge in [0.15, 0.2) is 0 Å². The molecule has 0 radical (unpaired) electrons. The van der Waals surface area contributed by atoms with Crippen LogP contribution < -0.4 is 5.32 Å². The molecule has 2 rings (SSSR count). The molecule has 0 saturated heterocycles. The predicted molar refractivity (Wildman–Crippen MR) is 83.6 cm³/mol. The van der Waals surface area contributed by atoms with Gasteiger partial charge in [-0.15, -0.1) is 0 Å². The van der Waals surface area contributed by atoms with Crippen LogP contribution in [0.2, 0.25) is 5.02 Å². The molecule has 0 aliphatic rings. The number of hydrogen-bond acceptors (Lipinski definition) is 2. The van der Waals surface area contributed by atoms with Crippen LogP contribution in [0.15, 0.2) is 39.5 Å². The zero-order valence-corrected chi connectivity index (χ0v) is 13.3. The van der Waals surface area contributed by atoms with Gasteiger partial charge in [-0.25, -0.2) is 0 Å². The molecule has 2 aromatic rings. The van der Waals surface area contributed by atoms with Crippen LogP contribution in [0.1, 0.15) is 30.5 Å². The van der Waals surface area contributed by atoms with Crippen LogP contribution in [-0.4, -0.2) is 6.54 Å². The molecule has 1 aromatic heterocycles. The van der Waals surface area contributed by atoms with Crippen molar-refractivity contribution < 1.29 is 0 Å². The molecule has 96 valence electrons. The number of rotatable bonds is 5. The van der Waals surface area contributed by atoms with Crippen LogP contribution >= 0.6 is 38.9 Å². The Kier molecular flexibility index (Phi) is 5.25. The van der Waals surface area contributed by atoms with E-state index in [4.69, 9.17) is 11.6 Å². The Balaban J connectivity index is 2.33. The molecule has 0 spiro atoms. The molecule has 1 N–H and O–H groups in total. The fraction of sp³-hybridized carbons (Fsp3) is 0.286. The van der Waals surface area contributed by atoms with E-state index in [-0.39, 0.29) is 6.04 Å². The van der Waals surface area contributed by atoms with Gasteiger partial charge in [-0.05, 0) is 53.1 Å². The van der Waals surface area contributed by atoms with E-state index in [9.17, 15) is 0 Å². The summed E-state index contributed by atoms with van der Waals surface area (Å²) in [4.78, 5) is 0. The third kappa shape index (κ3) is 3.35. The molecule has 0 saturated carbocycles. The lowest BCUT2D eigenvalue weighted by atomic mass is 10.0. The van der Waals surface area contributed by atoms with Crippen molar-refractivity contribution in [1.82, 2.24) is 5.32 Å². The van der Waals surface area contributed by atoms with Gasteiger partial charge in [0.05, 0.1) is 6.04 Å². The SMILES string of the molecule is CCCNC(c1ccsc1)c1ccc(Cl)cc1Br. The van der Waals surface area contributed by atoms with Crippen LogP contribution in [0.4, 0.5) is 0 Å². The molecule has 0 aliphatic heterocycles. The lowest BCUT2D eigenvalue weighted by Gasteiger charge is -2.19. The Morgan fingerprint density at radius 1 is 1.39 bits per heavy atom. The number of halogens is 2. The fourth-order valence-electron chi connectivity index (χ4n) is 1.87. The molecule has 0 amide bonds. The maximum Gasteiger partial charge on any atom is 0.0596 e. The molecular weight excluding hydrogens is 330 g/mol. The van der Waals surface area contributed by atoms with E-state index in [2.05, 4.69) is 51.1 Å². The van der Waals surface area contributed by atoms with Crippen molar-refractivity contribution in [2.45, 2.75) is 19.4 Å². The summed E-state index contributed by atoms with van der Waals surface area (Å²) in [5, 5.41) is 8.64. The van der Waals surface area contributed by atoms with E-state index < -0.39 is 0 Å². The maximum absolute atomic E-state index is 6.00. The van der Waals surface area contributed by atoms with Crippen LogP contribution in [0.25, 0.3) is 0 Å². The maximum atomic E-state index is 6.00. The smallest absolute Gasteiger partial charge is 0.0596 e. The summed E-state index contributed by atoms with van der Waals surface area (Å²) in [5.74, 6) is 0. The Morgan fingerprint density at radius 2 is 2.22 bits per heavy atom. The average Bonchev–Trinajstić information content (AvgIpc) is 2.85. The third-order valence-corrected chi connectivity index (χ3v) is 4.37. The van der Waals surface area contributed by atoms with Crippen molar-refractivity contribution in [2.24, 2.45) is 0 Å². The Hall–Kier alpha value is -0.350. The molecule has 1 aromatic carbocycles. The van der Waals surface area contributed by atoms with Crippen molar-refractivity contribution in [3.05, 3.63) is 55.6 Å². The van der Waals surface area contributed by atoms with Crippen molar-refractivity contribution in [3.8, 4) is 0 Å². The van der Waals surface area contributed by atoms with Gasteiger partial charge in [0.2, 0.25) is 0 Å². The van der Waals surface area contributed by atoms with Gasteiger partial charge in [0, 0.05) is 9.50 Å². The summed E-state index contributed by atoms with van der Waals surface area (Å²) >= 11 is 11.3. The second kappa shape index (κ2) is 6.71.